The van der Waals surface area contributed by atoms with E-state index in [1.165, 1.54) is 12.1 Å². The average molecular weight is 450 g/mol. The van der Waals surface area contributed by atoms with Gasteiger partial charge in [0, 0.05) is 23.9 Å². The number of halogens is 2. The van der Waals surface area contributed by atoms with E-state index in [0.29, 0.717) is 48.3 Å². The lowest BCUT2D eigenvalue weighted by Crippen LogP contribution is -2.28. The maximum Gasteiger partial charge on any atom is 0.306 e. The van der Waals surface area contributed by atoms with E-state index in [0.717, 1.165) is 11.8 Å². The van der Waals surface area contributed by atoms with Crippen molar-refractivity contribution in [1.29, 1.82) is 0 Å². The smallest absolute Gasteiger partial charge is 0.306 e. The normalized spacial score (nSPS) is 18.4. The second kappa shape index (κ2) is 8.57. The van der Waals surface area contributed by atoms with Crippen LogP contribution in [-0.4, -0.2) is 37.1 Å². The minimum absolute atomic E-state index is 0.0533. The molecule has 168 valence electrons. The summed E-state index contributed by atoms with van der Waals surface area (Å²) in [4.78, 5) is 26.4. The van der Waals surface area contributed by atoms with Gasteiger partial charge in [-0.3, -0.25) is 4.79 Å². The first-order valence-corrected chi connectivity index (χ1v) is 10.6. The Labute approximate surface area is 187 Å². The summed E-state index contributed by atoms with van der Waals surface area (Å²) in [5.41, 5.74) is 2.31. The summed E-state index contributed by atoms with van der Waals surface area (Å²) >= 11 is 0. The number of fused-ring (bicyclic) bond motifs is 1. The molecule has 33 heavy (non-hydrogen) atoms. The molecule has 0 aliphatic heterocycles. The van der Waals surface area contributed by atoms with Gasteiger partial charge in [0.1, 0.15) is 23.6 Å². The van der Waals surface area contributed by atoms with Crippen LogP contribution in [0.2, 0.25) is 0 Å². The number of rotatable bonds is 5. The molecule has 0 saturated heterocycles. The van der Waals surface area contributed by atoms with Gasteiger partial charge in [-0.05, 0) is 49.4 Å². The molecule has 1 saturated carbocycles. The first kappa shape index (κ1) is 21.0. The lowest BCUT2D eigenvalue weighted by molar-refractivity contribution is -0.143. The Balaban J connectivity index is 1.29. The molecule has 4 aromatic rings. The molecule has 0 amide bonds. The Hall–Kier alpha value is -3.88. The molecule has 1 aromatic carbocycles. The molecule has 1 aliphatic rings. The van der Waals surface area contributed by atoms with Gasteiger partial charge in [0.05, 0.1) is 23.2 Å². The van der Waals surface area contributed by atoms with Crippen molar-refractivity contribution < 1.29 is 23.4 Å². The zero-order valence-electron chi connectivity index (χ0n) is 17.5. The molecule has 3 heterocycles. The molecule has 1 aliphatic carbocycles. The topological polar surface area (TPSA) is 101 Å². The van der Waals surface area contributed by atoms with Crippen LogP contribution in [0.5, 0.6) is 5.88 Å². The predicted octanol–water partition coefficient (Wildman–Crippen LogP) is 4.99. The number of benzene rings is 1. The Bertz CT molecular complexity index is 1320. The van der Waals surface area contributed by atoms with Crippen LogP contribution in [-0.2, 0) is 4.79 Å². The molecule has 0 bridgehead atoms. The van der Waals surface area contributed by atoms with Crippen molar-refractivity contribution in [1.82, 2.24) is 19.9 Å². The monoisotopic (exact) mass is 450 g/mol. The van der Waals surface area contributed by atoms with E-state index in [9.17, 15) is 13.6 Å². The molecule has 9 heteroatoms. The van der Waals surface area contributed by atoms with Gasteiger partial charge in [0.15, 0.2) is 5.65 Å². The SMILES string of the molecule is O=C(O)C1CCC(Oc2ccc(-c3ccc(-c4nc5ncc(F)cc5[nH]4)c(F)c3)cn2)CC1. The number of H-pyrrole nitrogens is 1. The number of carboxylic acid groups (broad SMARTS) is 1. The molecule has 7 nitrogen and oxygen atoms in total. The van der Waals surface area contributed by atoms with E-state index in [2.05, 4.69) is 19.9 Å². The number of nitrogens with one attached hydrogen (secondary N) is 1. The second-order valence-corrected chi connectivity index (χ2v) is 8.12. The van der Waals surface area contributed by atoms with E-state index >= 15 is 0 Å². The highest BCUT2D eigenvalue weighted by Gasteiger charge is 2.27. The van der Waals surface area contributed by atoms with Gasteiger partial charge in [-0.1, -0.05) is 6.07 Å². The highest BCUT2D eigenvalue weighted by Crippen LogP contribution is 2.30. The summed E-state index contributed by atoms with van der Waals surface area (Å²) in [5.74, 6) is -1.30. The molecule has 0 spiro atoms. The number of imidazole rings is 1. The molecule has 0 unspecified atom stereocenters. The van der Waals surface area contributed by atoms with Crippen molar-refractivity contribution in [3.05, 3.63) is 60.4 Å². The van der Waals surface area contributed by atoms with E-state index in [-0.39, 0.29) is 23.4 Å². The Morgan fingerprint density at radius 1 is 1.00 bits per heavy atom. The largest absolute Gasteiger partial charge is 0.481 e. The number of aromatic amines is 1. The maximum atomic E-state index is 14.9. The van der Waals surface area contributed by atoms with Crippen LogP contribution in [0.15, 0.2) is 48.8 Å². The van der Waals surface area contributed by atoms with Crippen LogP contribution in [0.25, 0.3) is 33.7 Å². The molecule has 5 rings (SSSR count). The van der Waals surface area contributed by atoms with Gasteiger partial charge in [-0.25, -0.2) is 23.7 Å². The van der Waals surface area contributed by atoms with Gasteiger partial charge < -0.3 is 14.8 Å². The van der Waals surface area contributed by atoms with Crippen molar-refractivity contribution in [3.8, 4) is 28.4 Å². The fourth-order valence-corrected chi connectivity index (χ4v) is 4.11. The third-order valence-electron chi connectivity index (χ3n) is 5.91. The van der Waals surface area contributed by atoms with Gasteiger partial charge in [-0.15, -0.1) is 0 Å². The molecular formula is C24H20F2N4O3. The number of hydrogen-bond acceptors (Lipinski definition) is 5. The third-order valence-corrected chi connectivity index (χ3v) is 5.91. The van der Waals surface area contributed by atoms with Crippen molar-refractivity contribution >= 4 is 17.1 Å². The quantitative estimate of drug-likeness (QED) is 0.444. The number of aromatic nitrogens is 4. The zero-order valence-corrected chi connectivity index (χ0v) is 17.5. The molecule has 0 atom stereocenters. The van der Waals surface area contributed by atoms with Crippen molar-refractivity contribution in [2.75, 3.05) is 0 Å². The van der Waals surface area contributed by atoms with Crippen molar-refractivity contribution in [3.63, 3.8) is 0 Å². The highest BCUT2D eigenvalue weighted by molar-refractivity contribution is 5.77. The lowest BCUT2D eigenvalue weighted by Gasteiger charge is -2.26. The van der Waals surface area contributed by atoms with Crippen LogP contribution in [0.3, 0.4) is 0 Å². The molecule has 2 N–H and O–H groups in total. The Morgan fingerprint density at radius 2 is 1.79 bits per heavy atom. The van der Waals surface area contributed by atoms with Gasteiger partial charge in [0.25, 0.3) is 0 Å². The fraction of sp³-hybridized carbons (Fsp3) is 0.250. The maximum absolute atomic E-state index is 14.9. The van der Waals surface area contributed by atoms with Crippen LogP contribution >= 0.6 is 0 Å². The summed E-state index contributed by atoms with van der Waals surface area (Å²) in [6.07, 6.45) is 5.17. The Morgan fingerprint density at radius 3 is 2.48 bits per heavy atom. The van der Waals surface area contributed by atoms with E-state index in [1.54, 1.807) is 30.5 Å². The van der Waals surface area contributed by atoms with E-state index in [4.69, 9.17) is 9.84 Å². The standard InChI is InChI=1S/C24H20F2N4O3/c25-16-10-20-23(28-12-16)30-22(29-20)18-7-3-14(9-19(18)26)15-4-8-21(27-11-15)33-17-5-1-13(2-6-17)24(31)32/h3-4,7-13,17H,1-2,5-6H2,(H,31,32)(H,28,29,30). The predicted molar refractivity (Wildman–Crippen MR) is 116 cm³/mol. The van der Waals surface area contributed by atoms with Gasteiger partial charge >= 0.3 is 5.97 Å². The molecular weight excluding hydrogens is 430 g/mol. The first-order valence-electron chi connectivity index (χ1n) is 10.6. The second-order valence-electron chi connectivity index (χ2n) is 8.12. The highest BCUT2D eigenvalue weighted by atomic mass is 19.1. The van der Waals surface area contributed by atoms with Crippen LogP contribution in [0.1, 0.15) is 25.7 Å². The minimum atomic E-state index is -0.750. The summed E-state index contributed by atoms with van der Waals surface area (Å²) in [6, 6.07) is 9.53. The molecule has 3 aromatic heterocycles. The number of aliphatic carboxylic acids is 1. The summed E-state index contributed by atoms with van der Waals surface area (Å²) in [6.45, 7) is 0. The zero-order chi connectivity index (χ0) is 22.9. The van der Waals surface area contributed by atoms with Crippen molar-refractivity contribution in [2.45, 2.75) is 31.8 Å². The summed E-state index contributed by atoms with van der Waals surface area (Å²) < 4.78 is 34.1. The van der Waals surface area contributed by atoms with E-state index in [1.807, 2.05) is 0 Å². The number of carbonyl (C=O) groups is 1. The minimum Gasteiger partial charge on any atom is -0.481 e. The van der Waals surface area contributed by atoms with Crippen LogP contribution in [0, 0.1) is 17.6 Å². The lowest BCUT2D eigenvalue weighted by atomic mass is 9.87. The van der Waals surface area contributed by atoms with Crippen LogP contribution < -0.4 is 4.74 Å². The molecule has 1 fully saturated rings. The molecule has 0 radical (unpaired) electrons. The number of pyridine rings is 2. The fourth-order valence-electron chi connectivity index (χ4n) is 4.11. The number of hydrogen-bond donors (Lipinski definition) is 2. The number of carboxylic acids is 1. The van der Waals surface area contributed by atoms with Crippen molar-refractivity contribution in [2.24, 2.45) is 5.92 Å². The van der Waals surface area contributed by atoms with Crippen LogP contribution in [0.4, 0.5) is 8.78 Å². The number of ether oxygens (including phenoxy) is 1. The van der Waals surface area contributed by atoms with Gasteiger partial charge in [-0.2, -0.15) is 0 Å². The summed E-state index contributed by atoms with van der Waals surface area (Å²) in [5, 5.41) is 9.10. The number of nitrogens with zero attached hydrogens (tertiary/aromatic N) is 3. The average Bonchev–Trinajstić information content (AvgIpc) is 3.22. The summed E-state index contributed by atoms with van der Waals surface area (Å²) in [7, 11) is 0. The third kappa shape index (κ3) is 4.39. The first-order chi connectivity index (χ1) is 16.0. The van der Waals surface area contributed by atoms with E-state index < -0.39 is 17.6 Å². The Kier molecular flexibility index (Phi) is 5.45. The van der Waals surface area contributed by atoms with Gasteiger partial charge in [0.2, 0.25) is 5.88 Å².